The lowest BCUT2D eigenvalue weighted by Gasteiger charge is -2.21. The van der Waals surface area contributed by atoms with Crippen LogP contribution in [-0.2, 0) is 4.79 Å². The van der Waals surface area contributed by atoms with Crippen LogP contribution in [0, 0.1) is 3.57 Å². The number of aliphatic carboxylic acids is 1. The second-order valence-corrected chi connectivity index (χ2v) is 5.73. The molecule has 0 aliphatic rings. The zero-order chi connectivity index (χ0) is 13.9. The lowest BCUT2D eigenvalue weighted by atomic mass is 10.1. The van der Waals surface area contributed by atoms with Gasteiger partial charge in [-0.1, -0.05) is 11.6 Å². The molecule has 2 amide bonds. The van der Waals surface area contributed by atoms with Crippen molar-refractivity contribution in [3.8, 4) is 0 Å². The number of rotatable bonds is 3. The molecule has 0 saturated carbocycles. The quantitative estimate of drug-likeness (QED) is 0.703. The molecule has 7 heteroatoms. The van der Waals surface area contributed by atoms with E-state index < -0.39 is 17.5 Å². The number of halogens is 2. The molecule has 18 heavy (non-hydrogen) atoms. The van der Waals surface area contributed by atoms with Gasteiger partial charge in [0.15, 0.2) is 0 Å². The van der Waals surface area contributed by atoms with Gasteiger partial charge in [-0.05, 0) is 54.6 Å². The minimum Gasteiger partial charge on any atom is -0.480 e. The maximum Gasteiger partial charge on any atom is 0.328 e. The molecule has 0 aromatic heterocycles. The van der Waals surface area contributed by atoms with Crippen molar-refractivity contribution in [1.29, 1.82) is 0 Å². The third kappa shape index (κ3) is 4.02. The average Bonchev–Trinajstić information content (AvgIpc) is 2.21. The van der Waals surface area contributed by atoms with E-state index in [0.29, 0.717) is 10.7 Å². The second kappa shape index (κ2) is 5.75. The maximum atomic E-state index is 11.6. The molecule has 1 aromatic rings. The lowest BCUT2D eigenvalue weighted by molar-refractivity contribution is -0.142. The number of carboxylic acid groups (broad SMARTS) is 1. The molecule has 1 aromatic carbocycles. The Morgan fingerprint density at radius 3 is 2.50 bits per heavy atom. The number of hydrogen-bond donors (Lipinski definition) is 3. The third-order valence-electron chi connectivity index (χ3n) is 2.14. The van der Waals surface area contributed by atoms with Crippen molar-refractivity contribution in [2.24, 2.45) is 0 Å². The topological polar surface area (TPSA) is 78.4 Å². The van der Waals surface area contributed by atoms with Crippen molar-refractivity contribution in [3.05, 3.63) is 26.8 Å². The van der Waals surface area contributed by atoms with Crippen molar-refractivity contribution in [1.82, 2.24) is 5.32 Å². The van der Waals surface area contributed by atoms with E-state index in [1.807, 2.05) is 22.6 Å². The van der Waals surface area contributed by atoms with Gasteiger partial charge in [-0.15, -0.1) is 0 Å². The summed E-state index contributed by atoms with van der Waals surface area (Å²) in [5.74, 6) is -1.11. The molecule has 0 atom stereocenters. The first-order valence-corrected chi connectivity index (χ1v) is 6.45. The van der Waals surface area contributed by atoms with Crippen LogP contribution in [0.2, 0.25) is 5.02 Å². The molecular weight excluding hydrogens is 370 g/mol. The SMILES string of the molecule is CC(C)(NC(=O)Nc1ccc(Cl)cc1I)C(=O)O. The number of benzene rings is 1. The van der Waals surface area contributed by atoms with Gasteiger partial charge < -0.3 is 15.7 Å². The Balaban J connectivity index is 2.74. The first kappa shape index (κ1) is 15.0. The summed E-state index contributed by atoms with van der Waals surface area (Å²) in [5.41, 5.74) is -0.763. The van der Waals surface area contributed by atoms with E-state index in [-0.39, 0.29) is 0 Å². The largest absolute Gasteiger partial charge is 0.480 e. The molecule has 1 rings (SSSR count). The van der Waals surface area contributed by atoms with Crippen LogP contribution in [0.4, 0.5) is 10.5 Å². The summed E-state index contributed by atoms with van der Waals surface area (Å²) in [6.45, 7) is 2.81. The number of carbonyl (C=O) groups excluding carboxylic acids is 1. The molecule has 5 nitrogen and oxygen atoms in total. The standard InChI is InChI=1S/C11H12ClIN2O3/c1-11(2,9(16)17)15-10(18)14-8-4-3-6(12)5-7(8)13/h3-5H,1-2H3,(H,16,17)(H2,14,15,18). The van der Waals surface area contributed by atoms with Crippen LogP contribution in [0.3, 0.4) is 0 Å². The van der Waals surface area contributed by atoms with E-state index in [2.05, 4.69) is 10.6 Å². The van der Waals surface area contributed by atoms with E-state index >= 15 is 0 Å². The Bertz CT molecular complexity index is 491. The fraction of sp³-hybridized carbons (Fsp3) is 0.273. The van der Waals surface area contributed by atoms with E-state index in [4.69, 9.17) is 16.7 Å². The monoisotopic (exact) mass is 382 g/mol. The summed E-state index contributed by atoms with van der Waals surface area (Å²) in [6.07, 6.45) is 0. The summed E-state index contributed by atoms with van der Waals surface area (Å²) in [4.78, 5) is 22.5. The molecule has 3 N–H and O–H groups in total. The Morgan fingerprint density at radius 1 is 1.39 bits per heavy atom. The molecule has 0 spiro atoms. The first-order chi connectivity index (χ1) is 8.22. The molecule has 0 aliphatic carbocycles. The number of urea groups is 1. The van der Waals surface area contributed by atoms with Gasteiger partial charge in [0.25, 0.3) is 0 Å². The molecule has 0 bridgehead atoms. The van der Waals surface area contributed by atoms with Crippen molar-refractivity contribution in [2.45, 2.75) is 19.4 Å². The van der Waals surface area contributed by atoms with Gasteiger partial charge in [-0.25, -0.2) is 9.59 Å². The highest BCUT2D eigenvalue weighted by atomic mass is 127. The predicted octanol–water partition coefficient (Wildman–Crippen LogP) is 2.93. The molecule has 0 aliphatic heterocycles. The van der Waals surface area contributed by atoms with Gasteiger partial charge in [-0.3, -0.25) is 0 Å². The summed E-state index contributed by atoms with van der Waals surface area (Å²) in [7, 11) is 0. The van der Waals surface area contributed by atoms with E-state index in [0.717, 1.165) is 3.57 Å². The highest BCUT2D eigenvalue weighted by molar-refractivity contribution is 14.1. The van der Waals surface area contributed by atoms with Crippen LogP contribution >= 0.6 is 34.2 Å². The van der Waals surface area contributed by atoms with Gasteiger partial charge in [0.1, 0.15) is 5.54 Å². The normalized spacial score (nSPS) is 10.9. The van der Waals surface area contributed by atoms with Crippen LogP contribution in [0.15, 0.2) is 18.2 Å². The highest BCUT2D eigenvalue weighted by Crippen LogP contribution is 2.22. The van der Waals surface area contributed by atoms with Gasteiger partial charge in [0.2, 0.25) is 0 Å². The molecule has 0 radical (unpaired) electrons. The number of carbonyl (C=O) groups is 2. The molecule has 0 heterocycles. The Morgan fingerprint density at radius 2 is 2.00 bits per heavy atom. The minimum atomic E-state index is -1.33. The van der Waals surface area contributed by atoms with E-state index in [1.54, 1.807) is 18.2 Å². The molecule has 98 valence electrons. The smallest absolute Gasteiger partial charge is 0.328 e. The highest BCUT2D eigenvalue weighted by Gasteiger charge is 2.29. The fourth-order valence-corrected chi connectivity index (χ4v) is 2.09. The summed E-state index contributed by atoms with van der Waals surface area (Å²) in [6, 6.07) is 4.40. The first-order valence-electron chi connectivity index (χ1n) is 5.00. The molecular formula is C11H12ClIN2O3. The summed E-state index contributed by atoms with van der Waals surface area (Å²) in [5, 5.41) is 14.4. The zero-order valence-electron chi connectivity index (χ0n) is 9.75. The summed E-state index contributed by atoms with van der Waals surface area (Å²) >= 11 is 7.82. The van der Waals surface area contributed by atoms with Gasteiger partial charge in [0.05, 0.1) is 5.69 Å². The minimum absolute atomic E-state index is 0.566. The Labute approximate surface area is 123 Å². The van der Waals surface area contributed by atoms with Crippen molar-refractivity contribution in [2.75, 3.05) is 5.32 Å². The van der Waals surface area contributed by atoms with Crippen molar-refractivity contribution < 1.29 is 14.7 Å². The molecule has 0 unspecified atom stereocenters. The number of carboxylic acids is 1. The number of amides is 2. The number of anilines is 1. The predicted molar refractivity (Wildman–Crippen MR) is 78.0 cm³/mol. The Hall–Kier alpha value is -1.02. The van der Waals surface area contributed by atoms with Crippen LogP contribution in [0.5, 0.6) is 0 Å². The van der Waals surface area contributed by atoms with E-state index in [1.165, 1.54) is 13.8 Å². The van der Waals surface area contributed by atoms with Gasteiger partial charge in [-0.2, -0.15) is 0 Å². The van der Waals surface area contributed by atoms with Crippen LogP contribution in [0.25, 0.3) is 0 Å². The van der Waals surface area contributed by atoms with Gasteiger partial charge >= 0.3 is 12.0 Å². The number of hydrogen-bond acceptors (Lipinski definition) is 2. The van der Waals surface area contributed by atoms with Crippen LogP contribution in [-0.4, -0.2) is 22.6 Å². The average molecular weight is 383 g/mol. The van der Waals surface area contributed by atoms with Crippen LogP contribution in [0.1, 0.15) is 13.8 Å². The zero-order valence-corrected chi connectivity index (χ0v) is 12.7. The van der Waals surface area contributed by atoms with Crippen molar-refractivity contribution >= 4 is 51.9 Å². The third-order valence-corrected chi connectivity index (χ3v) is 3.27. The van der Waals surface area contributed by atoms with Gasteiger partial charge in [0, 0.05) is 8.59 Å². The molecule has 0 saturated heterocycles. The molecule has 0 fully saturated rings. The fourth-order valence-electron chi connectivity index (χ4n) is 1.08. The second-order valence-electron chi connectivity index (χ2n) is 4.13. The maximum absolute atomic E-state index is 11.6. The summed E-state index contributed by atoms with van der Waals surface area (Å²) < 4.78 is 0.767. The van der Waals surface area contributed by atoms with Crippen molar-refractivity contribution in [3.63, 3.8) is 0 Å². The van der Waals surface area contributed by atoms with Crippen LogP contribution < -0.4 is 10.6 Å². The Kier molecular flexibility index (Phi) is 4.80. The number of nitrogens with one attached hydrogen (secondary N) is 2. The van der Waals surface area contributed by atoms with E-state index in [9.17, 15) is 9.59 Å². The lowest BCUT2D eigenvalue weighted by Crippen LogP contribution is -2.51.